The molecule has 2 amide bonds. The van der Waals surface area contributed by atoms with Crippen molar-refractivity contribution >= 4 is 28.2 Å². The summed E-state index contributed by atoms with van der Waals surface area (Å²) in [7, 11) is 0. The van der Waals surface area contributed by atoms with Gasteiger partial charge < -0.3 is 16.4 Å². The van der Waals surface area contributed by atoms with Crippen LogP contribution in [0, 0.1) is 17.8 Å². The molecule has 0 radical (unpaired) electrons. The van der Waals surface area contributed by atoms with Gasteiger partial charge in [0.1, 0.15) is 5.00 Å². The van der Waals surface area contributed by atoms with Gasteiger partial charge in [-0.2, -0.15) is 0 Å². The molecule has 0 aliphatic heterocycles. The molecule has 1 aromatic heterocycles. The summed E-state index contributed by atoms with van der Waals surface area (Å²) in [5, 5.41) is 6.86. The predicted molar refractivity (Wildman–Crippen MR) is 95.3 cm³/mol. The Morgan fingerprint density at radius 1 is 1.12 bits per heavy atom. The molecule has 1 aromatic rings. The van der Waals surface area contributed by atoms with E-state index in [1.807, 2.05) is 0 Å². The van der Waals surface area contributed by atoms with E-state index in [9.17, 15) is 9.59 Å². The van der Waals surface area contributed by atoms with Crippen molar-refractivity contribution in [2.24, 2.45) is 23.5 Å². The molecule has 3 aliphatic rings. The summed E-state index contributed by atoms with van der Waals surface area (Å²) in [6.45, 7) is 1.40. The molecule has 1 atom stereocenters. The van der Waals surface area contributed by atoms with Crippen molar-refractivity contribution in [1.29, 1.82) is 0 Å². The first-order chi connectivity index (χ1) is 11.7. The topological polar surface area (TPSA) is 84.2 Å². The van der Waals surface area contributed by atoms with Crippen LogP contribution in [0.2, 0.25) is 0 Å². The first-order valence-electron chi connectivity index (χ1n) is 9.09. The molecule has 1 heterocycles. The van der Waals surface area contributed by atoms with E-state index in [1.54, 1.807) is 11.3 Å². The van der Waals surface area contributed by atoms with Crippen LogP contribution in [0.25, 0.3) is 0 Å². The lowest BCUT2D eigenvalue weighted by Crippen LogP contribution is -2.29. The summed E-state index contributed by atoms with van der Waals surface area (Å²) in [6, 6.07) is 0. The molecule has 0 bridgehead atoms. The SMILES string of the molecule is NCC1CCc2sc(NC(=O)C3CC3)c(C(=O)NCC3CC3)c2C1. The maximum absolute atomic E-state index is 12.8. The third-order valence-electron chi connectivity index (χ3n) is 5.36. The lowest BCUT2D eigenvalue weighted by atomic mass is 9.86. The minimum atomic E-state index is -0.0248. The number of hydrogen-bond donors (Lipinski definition) is 3. The van der Waals surface area contributed by atoms with E-state index in [-0.39, 0.29) is 17.7 Å². The Hall–Kier alpha value is -1.40. The average molecular weight is 347 g/mol. The van der Waals surface area contributed by atoms with Crippen molar-refractivity contribution in [1.82, 2.24) is 5.32 Å². The van der Waals surface area contributed by atoms with Crippen molar-refractivity contribution < 1.29 is 9.59 Å². The van der Waals surface area contributed by atoms with Crippen LogP contribution in [0.15, 0.2) is 0 Å². The van der Waals surface area contributed by atoms with Crippen molar-refractivity contribution in [3.63, 3.8) is 0 Å². The van der Waals surface area contributed by atoms with Gasteiger partial charge in [-0.15, -0.1) is 11.3 Å². The van der Waals surface area contributed by atoms with Crippen LogP contribution in [0.3, 0.4) is 0 Å². The molecule has 0 saturated heterocycles. The van der Waals surface area contributed by atoms with Crippen LogP contribution in [0.1, 0.15) is 52.9 Å². The highest BCUT2D eigenvalue weighted by Crippen LogP contribution is 2.41. The molecule has 1 unspecified atom stereocenters. The van der Waals surface area contributed by atoms with Gasteiger partial charge >= 0.3 is 0 Å². The lowest BCUT2D eigenvalue weighted by Gasteiger charge is -2.21. The predicted octanol–water partition coefficient (Wildman–Crippen LogP) is 2.30. The molecule has 0 spiro atoms. The van der Waals surface area contributed by atoms with E-state index in [2.05, 4.69) is 10.6 Å². The number of carbonyl (C=O) groups is 2. The number of thiophene rings is 1. The highest BCUT2D eigenvalue weighted by Gasteiger charge is 2.34. The molecule has 6 heteroatoms. The second-order valence-corrected chi connectivity index (χ2v) is 8.57. The van der Waals surface area contributed by atoms with Gasteiger partial charge in [-0.05, 0) is 68.9 Å². The third kappa shape index (κ3) is 3.35. The summed E-state index contributed by atoms with van der Waals surface area (Å²) < 4.78 is 0. The van der Waals surface area contributed by atoms with Crippen LogP contribution in [0.5, 0.6) is 0 Å². The fourth-order valence-corrected chi connectivity index (χ4v) is 4.64. The molecule has 24 heavy (non-hydrogen) atoms. The standard InChI is InChI=1S/C18H25N3O2S/c19-8-11-3-6-14-13(7-11)15(17(23)20-9-10-1-2-10)18(24-14)21-16(22)12-4-5-12/h10-12H,1-9,19H2,(H,20,23)(H,21,22). The molecule has 4 N–H and O–H groups in total. The molecular weight excluding hydrogens is 322 g/mol. The Labute approximate surface area is 146 Å². The highest BCUT2D eigenvalue weighted by atomic mass is 32.1. The van der Waals surface area contributed by atoms with Gasteiger partial charge in [0.05, 0.1) is 5.56 Å². The quantitative estimate of drug-likeness (QED) is 0.738. The number of amides is 2. The Kier molecular flexibility index (Phi) is 4.35. The normalized spacial score (nSPS) is 22.8. The highest BCUT2D eigenvalue weighted by molar-refractivity contribution is 7.17. The average Bonchev–Trinajstić information content (AvgIpc) is 3.48. The maximum atomic E-state index is 12.8. The summed E-state index contributed by atoms with van der Waals surface area (Å²) in [6.07, 6.45) is 7.25. The summed E-state index contributed by atoms with van der Waals surface area (Å²) in [4.78, 5) is 26.3. The monoisotopic (exact) mass is 347 g/mol. The molecule has 130 valence electrons. The number of aryl methyl sites for hydroxylation is 1. The van der Waals surface area contributed by atoms with E-state index in [1.165, 1.54) is 17.7 Å². The van der Waals surface area contributed by atoms with Crippen LogP contribution in [-0.2, 0) is 17.6 Å². The number of fused-ring (bicyclic) bond motifs is 1. The Bertz CT molecular complexity index is 661. The number of carbonyl (C=O) groups excluding carboxylic acids is 2. The smallest absolute Gasteiger partial charge is 0.254 e. The number of hydrogen-bond acceptors (Lipinski definition) is 4. The minimum absolute atomic E-state index is 0.0248. The molecule has 5 nitrogen and oxygen atoms in total. The second-order valence-electron chi connectivity index (χ2n) is 7.47. The van der Waals surface area contributed by atoms with Crippen LogP contribution >= 0.6 is 11.3 Å². The summed E-state index contributed by atoms with van der Waals surface area (Å²) in [5.74, 6) is 1.27. The zero-order valence-electron chi connectivity index (χ0n) is 13.9. The molecule has 2 saturated carbocycles. The van der Waals surface area contributed by atoms with Crippen molar-refractivity contribution in [3.8, 4) is 0 Å². The second kappa shape index (κ2) is 6.48. The molecular formula is C18H25N3O2S. The first kappa shape index (κ1) is 16.1. The van der Waals surface area contributed by atoms with Gasteiger partial charge in [0, 0.05) is 17.3 Å². The van der Waals surface area contributed by atoms with Gasteiger partial charge in [-0.1, -0.05) is 0 Å². The lowest BCUT2D eigenvalue weighted by molar-refractivity contribution is -0.117. The zero-order chi connectivity index (χ0) is 16.7. The third-order valence-corrected chi connectivity index (χ3v) is 6.56. The molecule has 3 aliphatic carbocycles. The van der Waals surface area contributed by atoms with Crippen molar-refractivity contribution in [3.05, 3.63) is 16.0 Å². The maximum Gasteiger partial charge on any atom is 0.254 e. The van der Waals surface area contributed by atoms with Gasteiger partial charge in [-0.25, -0.2) is 0 Å². The molecule has 0 aromatic carbocycles. The number of anilines is 1. The number of nitrogens with two attached hydrogens (primary N) is 1. The van der Waals surface area contributed by atoms with Crippen LogP contribution in [-0.4, -0.2) is 24.9 Å². The van der Waals surface area contributed by atoms with Gasteiger partial charge in [0.15, 0.2) is 0 Å². The van der Waals surface area contributed by atoms with E-state index in [0.29, 0.717) is 23.9 Å². The summed E-state index contributed by atoms with van der Waals surface area (Å²) in [5.41, 5.74) is 7.70. The van der Waals surface area contributed by atoms with Gasteiger partial charge in [0.2, 0.25) is 5.91 Å². The van der Waals surface area contributed by atoms with E-state index in [4.69, 9.17) is 5.73 Å². The van der Waals surface area contributed by atoms with Gasteiger partial charge in [-0.3, -0.25) is 9.59 Å². The fourth-order valence-electron chi connectivity index (χ4n) is 3.39. The Morgan fingerprint density at radius 2 is 1.92 bits per heavy atom. The van der Waals surface area contributed by atoms with Crippen molar-refractivity contribution in [2.45, 2.75) is 44.9 Å². The summed E-state index contributed by atoms with van der Waals surface area (Å²) >= 11 is 1.59. The first-order valence-corrected chi connectivity index (χ1v) is 9.91. The van der Waals surface area contributed by atoms with E-state index in [0.717, 1.165) is 49.2 Å². The van der Waals surface area contributed by atoms with Crippen molar-refractivity contribution in [2.75, 3.05) is 18.4 Å². The largest absolute Gasteiger partial charge is 0.352 e. The molecule has 4 rings (SSSR count). The van der Waals surface area contributed by atoms with Crippen LogP contribution in [0.4, 0.5) is 5.00 Å². The number of rotatable bonds is 6. The van der Waals surface area contributed by atoms with E-state index >= 15 is 0 Å². The minimum Gasteiger partial charge on any atom is -0.352 e. The van der Waals surface area contributed by atoms with Crippen LogP contribution < -0.4 is 16.4 Å². The van der Waals surface area contributed by atoms with Gasteiger partial charge in [0.25, 0.3) is 5.91 Å². The fraction of sp³-hybridized carbons (Fsp3) is 0.667. The number of nitrogens with one attached hydrogen (secondary N) is 2. The Balaban J connectivity index is 1.59. The zero-order valence-corrected chi connectivity index (χ0v) is 14.7. The van der Waals surface area contributed by atoms with E-state index < -0.39 is 0 Å². The molecule has 2 fully saturated rings. The Morgan fingerprint density at radius 3 is 2.58 bits per heavy atom.